The van der Waals surface area contributed by atoms with E-state index >= 15 is 0 Å². The van der Waals surface area contributed by atoms with Gasteiger partial charge >= 0.3 is 35.5 Å². The Morgan fingerprint density at radius 3 is 2.18 bits per heavy atom. The summed E-state index contributed by atoms with van der Waals surface area (Å²) in [7, 11) is 0. The molecule has 1 heterocycles. The van der Waals surface area contributed by atoms with E-state index in [1.807, 2.05) is 19.1 Å². The number of carboxylic acids is 1. The molecule has 0 radical (unpaired) electrons. The van der Waals surface area contributed by atoms with Gasteiger partial charge in [0.15, 0.2) is 0 Å². The van der Waals surface area contributed by atoms with Crippen molar-refractivity contribution in [2.24, 2.45) is 5.73 Å². The first kappa shape index (κ1) is 22.5. The van der Waals surface area contributed by atoms with E-state index in [1.165, 1.54) is 31.4 Å². The average Bonchev–Trinajstić information content (AvgIpc) is 2.69. The first-order valence-electron chi connectivity index (χ1n) is 9.45. The van der Waals surface area contributed by atoms with Crippen LogP contribution in [0, 0.1) is 0 Å². The van der Waals surface area contributed by atoms with Crippen molar-refractivity contribution >= 4 is 47.1 Å². The number of hydrogen-bond donors (Lipinski definition) is 2. The number of para-hydroxylation sites is 1. The number of nitrogens with zero attached hydrogens (tertiary/aromatic N) is 1. The van der Waals surface area contributed by atoms with Crippen LogP contribution in [0.4, 0.5) is 5.69 Å². The van der Waals surface area contributed by atoms with Crippen molar-refractivity contribution in [1.29, 1.82) is 0 Å². The number of carbonyl (C=O) groups is 2. The van der Waals surface area contributed by atoms with Crippen LogP contribution in [0.1, 0.15) is 59.5 Å². The second-order valence-electron chi connectivity index (χ2n) is 7.20. The van der Waals surface area contributed by atoms with Crippen molar-refractivity contribution in [3.05, 3.63) is 65.2 Å². The molecule has 5 nitrogen and oxygen atoms in total. The summed E-state index contributed by atoms with van der Waals surface area (Å²) in [5.41, 5.74) is 8.97. The number of aromatic carboxylic acids is 1. The molecule has 2 unspecified atom stereocenters. The standard InChI is InChI=1S/C22H26N2O3.Na.H/c1-15(18-7-3-4-8-19(18)24-13-5-2-6-14-24)20(21(23)25)16-9-11-17(12-10-16)22(26)27;;/h3-4,7-12,15,20H,2,5-6,13-14H2,1H3,(H2,23,25)(H,26,27);;. The van der Waals surface area contributed by atoms with Crippen LogP contribution in [0.3, 0.4) is 0 Å². The number of anilines is 1. The van der Waals surface area contributed by atoms with E-state index in [9.17, 15) is 9.59 Å². The fourth-order valence-electron chi connectivity index (χ4n) is 4.01. The number of nitrogens with two attached hydrogens (primary N) is 1. The molecule has 1 amide bonds. The summed E-state index contributed by atoms with van der Waals surface area (Å²) in [5, 5.41) is 9.09. The first-order valence-corrected chi connectivity index (χ1v) is 9.45. The van der Waals surface area contributed by atoms with E-state index in [-0.39, 0.29) is 41.0 Å². The number of piperidine rings is 1. The Hall–Kier alpha value is -1.82. The van der Waals surface area contributed by atoms with Crippen molar-refractivity contribution < 1.29 is 14.7 Å². The number of rotatable bonds is 6. The van der Waals surface area contributed by atoms with Crippen molar-refractivity contribution in [3.63, 3.8) is 0 Å². The van der Waals surface area contributed by atoms with Gasteiger partial charge in [-0.15, -0.1) is 0 Å². The third kappa shape index (κ3) is 4.96. The van der Waals surface area contributed by atoms with Gasteiger partial charge in [0.2, 0.25) is 5.91 Å². The van der Waals surface area contributed by atoms with Crippen LogP contribution in [-0.2, 0) is 4.79 Å². The number of carbonyl (C=O) groups excluding carboxylic acids is 1. The Kier molecular flexibility index (Phi) is 8.10. The molecule has 1 saturated heterocycles. The molecular weight excluding hydrogens is 363 g/mol. The van der Waals surface area contributed by atoms with Gasteiger partial charge in [0.1, 0.15) is 0 Å². The van der Waals surface area contributed by atoms with Gasteiger partial charge in [0, 0.05) is 18.8 Å². The molecule has 3 N–H and O–H groups in total. The minimum absolute atomic E-state index is 0. The van der Waals surface area contributed by atoms with E-state index in [2.05, 4.69) is 17.0 Å². The molecule has 6 heteroatoms. The zero-order valence-electron chi connectivity index (χ0n) is 15.6. The zero-order chi connectivity index (χ0) is 19.4. The van der Waals surface area contributed by atoms with Crippen LogP contribution in [0.2, 0.25) is 0 Å². The number of carboxylic acid groups (broad SMARTS) is 1. The van der Waals surface area contributed by atoms with Crippen molar-refractivity contribution in [2.45, 2.75) is 38.0 Å². The molecule has 2 atom stereocenters. The Bertz CT molecular complexity index is 817. The number of amides is 1. The predicted octanol–water partition coefficient (Wildman–Crippen LogP) is 3.10. The Labute approximate surface area is 188 Å². The molecule has 1 aliphatic rings. The predicted molar refractivity (Wildman–Crippen MR) is 113 cm³/mol. The number of benzene rings is 2. The fourth-order valence-corrected chi connectivity index (χ4v) is 4.01. The molecule has 0 saturated carbocycles. The molecule has 0 spiro atoms. The van der Waals surface area contributed by atoms with Gasteiger partial charge in [-0.25, -0.2) is 4.79 Å². The van der Waals surface area contributed by atoms with Crippen LogP contribution in [0.5, 0.6) is 0 Å². The molecule has 0 aliphatic carbocycles. The van der Waals surface area contributed by atoms with Gasteiger partial charge in [0.05, 0.1) is 11.5 Å². The van der Waals surface area contributed by atoms with Gasteiger partial charge in [0.25, 0.3) is 0 Å². The molecule has 2 aromatic carbocycles. The maximum absolute atomic E-state index is 12.3. The Balaban J connectivity index is 0.00000280. The molecule has 3 rings (SSSR count). The van der Waals surface area contributed by atoms with Crippen LogP contribution >= 0.6 is 0 Å². The van der Waals surface area contributed by atoms with Gasteiger partial charge in [-0.3, -0.25) is 4.79 Å². The summed E-state index contributed by atoms with van der Waals surface area (Å²) in [6.07, 6.45) is 3.62. The maximum atomic E-state index is 12.3. The summed E-state index contributed by atoms with van der Waals surface area (Å²) in [6.45, 7) is 4.07. The molecular formula is C22H27N2NaO3. The van der Waals surface area contributed by atoms with E-state index in [1.54, 1.807) is 12.1 Å². The van der Waals surface area contributed by atoms with Crippen LogP contribution in [0.15, 0.2) is 48.5 Å². The zero-order valence-corrected chi connectivity index (χ0v) is 15.6. The van der Waals surface area contributed by atoms with E-state index in [0.717, 1.165) is 29.9 Å². The third-order valence-electron chi connectivity index (χ3n) is 5.45. The number of primary amides is 1. The summed E-state index contributed by atoms with van der Waals surface area (Å²) < 4.78 is 0. The van der Waals surface area contributed by atoms with E-state index in [4.69, 9.17) is 10.8 Å². The van der Waals surface area contributed by atoms with Crippen LogP contribution in [0.25, 0.3) is 0 Å². The summed E-state index contributed by atoms with van der Waals surface area (Å²) >= 11 is 0. The summed E-state index contributed by atoms with van der Waals surface area (Å²) in [6, 6.07) is 14.6. The molecule has 1 aliphatic heterocycles. The second-order valence-corrected chi connectivity index (χ2v) is 7.20. The summed E-state index contributed by atoms with van der Waals surface area (Å²) in [4.78, 5) is 25.8. The molecule has 2 aromatic rings. The van der Waals surface area contributed by atoms with Crippen molar-refractivity contribution in [1.82, 2.24) is 0 Å². The van der Waals surface area contributed by atoms with Crippen molar-refractivity contribution in [2.75, 3.05) is 18.0 Å². The van der Waals surface area contributed by atoms with Gasteiger partial charge in [-0.05, 0) is 54.5 Å². The van der Waals surface area contributed by atoms with Gasteiger partial charge < -0.3 is 15.7 Å². The van der Waals surface area contributed by atoms with E-state index in [0.29, 0.717) is 0 Å². The van der Waals surface area contributed by atoms with Crippen LogP contribution in [-0.4, -0.2) is 59.6 Å². The Morgan fingerprint density at radius 2 is 1.61 bits per heavy atom. The molecule has 144 valence electrons. The van der Waals surface area contributed by atoms with Gasteiger partial charge in [-0.1, -0.05) is 37.3 Å². The Morgan fingerprint density at radius 1 is 1.00 bits per heavy atom. The number of hydrogen-bond acceptors (Lipinski definition) is 3. The first-order chi connectivity index (χ1) is 13.0. The molecule has 28 heavy (non-hydrogen) atoms. The SMILES string of the molecule is CC(c1ccccc1N1CCCCC1)C(C(N)=O)c1ccc(C(=O)O)cc1.[NaH]. The molecule has 1 fully saturated rings. The topological polar surface area (TPSA) is 83.6 Å². The molecule has 0 bridgehead atoms. The van der Waals surface area contributed by atoms with Crippen LogP contribution < -0.4 is 10.6 Å². The van der Waals surface area contributed by atoms with Crippen molar-refractivity contribution in [3.8, 4) is 0 Å². The third-order valence-corrected chi connectivity index (χ3v) is 5.45. The minimum atomic E-state index is -0.985. The quantitative estimate of drug-likeness (QED) is 0.743. The molecule has 0 aromatic heterocycles. The second kappa shape index (κ2) is 10.1. The normalized spacial score (nSPS) is 16.0. The monoisotopic (exact) mass is 390 g/mol. The summed E-state index contributed by atoms with van der Waals surface area (Å²) in [5.74, 6) is -2.02. The average molecular weight is 390 g/mol. The fraction of sp³-hybridized carbons (Fsp3) is 0.364. The van der Waals surface area contributed by atoms with Gasteiger partial charge in [-0.2, -0.15) is 0 Å². The van der Waals surface area contributed by atoms with E-state index < -0.39 is 17.8 Å².